The van der Waals surface area contributed by atoms with Crippen LogP contribution in [0.4, 0.5) is 0 Å². The average molecular weight is 413 g/mol. The van der Waals surface area contributed by atoms with Gasteiger partial charge in [0, 0.05) is 12.3 Å². The predicted octanol–water partition coefficient (Wildman–Crippen LogP) is 5.87. The lowest BCUT2D eigenvalue weighted by Crippen LogP contribution is -2.25. The van der Waals surface area contributed by atoms with E-state index in [1.807, 2.05) is 44.2 Å². The molecule has 1 aromatic rings. The third-order valence-corrected chi connectivity index (χ3v) is 5.99. The number of rotatable bonds is 9. The van der Waals surface area contributed by atoms with Crippen LogP contribution in [0.15, 0.2) is 54.6 Å². The van der Waals surface area contributed by atoms with E-state index in [0.717, 1.165) is 44.3 Å². The Balaban J connectivity index is 1.45. The number of carbonyl (C=O) groups is 1. The van der Waals surface area contributed by atoms with Crippen molar-refractivity contribution < 1.29 is 19.0 Å². The van der Waals surface area contributed by atoms with Gasteiger partial charge in [-0.2, -0.15) is 0 Å². The molecule has 1 aliphatic heterocycles. The Morgan fingerprint density at radius 1 is 1.23 bits per heavy atom. The van der Waals surface area contributed by atoms with Gasteiger partial charge in [-0.25, -0.2) is 0 Å². The molecule has 1 heterocycles. The first kappa shape index (κ1) is 22.6. The van der Waals surface area contributed by atoms with E-state index in [-0.39, 0.29) is 24.3 Å². The van der Waals surface area contributed by atoms with Gasteiger partial charge in [0.05, 0.1) is 24.9 Å². The highest BCUT2D eigenvalue weighted by Crippen LogP contribution is 2.44. The molecule has 0 N–H and O–H groups in total. The van der Waals surface area contributed by atoms with Gasteiger partial charge in [0.1, 0.15) is 5.75 Å². The lowest BCUT2D eigenvalue weighted by atomic mass is 9.86. The Kier molecular flexibility index (Phi) is 8.56. The van der Waals surface area contributed by atoms with Crippen molar-refractivity contribution >= 4 is 5.97 Å². The van der Waals surface area contributed by atoms with Crippen molar-refractivity contribution in [3.05, 3.63) is 54.6 Å². The van der Waals surface area contributed by atoms with E-state index in [4.69, 9.17) is 14.2 Å². The third-order valence-electron chi connectivity index (χ3n) is 5.99. The van der Waals surface area contributed by atoms with Crippen molar-refractivity contribution in [3.8, 4) is 5.75 Å². The molecule has 0 spiro atoms. The number of carbonyl (C=O) groups excluding carboxylic acids is 1. The van der Waals surface area contributed by atoms with Gasteiger partial charge in [-0.05, 0) is 70.4 Å². The molecule has 2 fully saturated rings. The number of para-hydroxylation sites is 1. The number of fused-ring (bicyclic) bond motifs is 1. The largest absolute Gasteiger partial charge is 0.493 e. The molecule has 2 aliphatic rings. The molecule has 0 radical (unpaired) electrons. The van der Waals surface area contributed by atoms with Gasteiger partial charge < -0.3 is 14.2 Å². The first-order valence-corrected chi connectivity index (χ1v) is 11.4. The minimum atomic E-state index is -0.127. The molecule has 1 aromatic carbocycles. The molecule has 164 valence electrons. The zero-order chi connectivity index (χ0) is 21.3. The first-order chi connectivity index (χ1) is 14.5. The van der Waals surface area contributed by atoms with E-state index in [0.29, 0.717) is 24.9 Å². The molecule has 1 saturated carbocycles. The standard InChI is InChI=1S/C26H36O4/c1-19(2)29-25(27)17-15-23-14-12-20(3)26-21(13-16-24(26)30-23)9-7-8-18-28-22-10-5-4-6-11-22/h4-7,9-11,19,21,23-24,26H,3,8,12-18H2,1-2H3/b9-7+/t21-,23+,24-,26+/m0/s1. The molecule has 3 rings (SSSR count). The molecule has 0 aromatic heterocycles. The molecule has 0 unspecified atom stereocenters. The molecule has 1 saturated heterocycles. The highest BCUT2D eigenvalue weighted by Gasteiger charge is 2.40. The minimum Gasteiger partial charge on any atom is -0.493 e. The smallest absolute Gasteiger partial charge is 0.306 e. The highest BCUT2D eigenvalue weighted by atomic mass is 16.5. The summed E-state index contributed by atoms with van der Waals surface area (Å²) in [6.07, 6.45) is 11.1. The second-order valence-corrected chi connectivity index (χ2v) is 8.72. The summed E-state index contributed by atoms with van der Waals surface area (Å²) in [5.41, 5.74) is 1.31. The zero-order valence-electron chi connectivity index (χ0n) is 18.4. The van der Waals surface area contributed by atoms with Crippen LogP contribution in [0.1, 0.15) is 58.8 Å². The maximum Gasteiger partial charge on any atom is 0.306 e. The Morgan fingerprint density at radius 3 is 2.80 bits per heavy atom. The Morgan fingerprint density at radius 2 is 2.03 bits per heavy atom. The number of hydrogen-bond donors (Lipinski definition) is 0. The molecular weight excluding hydrogens is 376 g/mol. The first-order valence-electron chi connectivity index (χ1n) is 11.4. The van der Waals surface area contributed by atoms with Crippen molar-refractivity contribution in [2.75, 3.05) is 6.61 Å². The lowest BCUT2D eigenvalue weighted by Gasteiger charge is -2.24. The summed E-state index contributed by atoms with van der Waals surface area (Å²) in [6.45, 7) is 8.84. The summed E-state index contributed by atoms with van der Waals surface area (Å²) in [5.74, 6) is 1.67. The van der Waals surface area contributed by atoms with Gasteiger partial charge in [0.15, 0.2) is 0 Å². The summed E-state index contributed by atoms with van der Waals surface area (Å²) in [5, 5.41) is 0. The van der Waals surface area contributed by atoms with Crippen LogP contribution in [0.3, 0.4) is 0 Å². The topological polar surface area (TPSA) is 44.8 Å². The number of allylic oxidation sites excluding steroid dienone is 1. The van der Waals surface area contributed by atoms with Crippen molar-refractivity contribution in [3.63, 3.8) is 0 Å². The lowest BCUT2D eigenvalue weighted by molar-refractivity contribution is -0.148. The summed E-state index contributed by atoms with van der Waals surface area (Å²) in [7, 11) is 0. The van der Waals surface area contributed by atoms with Crippen LogP contribution in [0.2, 0.25) is 0 Å². The van der Waals surface area contributed by atoms with Gasteiger partial charge in [-0.3, -0.25) is 4.79 Å². The summed E-state index contributed by atoms with van der Waals surface area (Å²) in [4.78, 5) is 11.9. The van der Waals surface area contributed by atoms with Gasteiger partial charge in [-0.15, -0.1) is 0 Å². The van der Waals surface area contributed by atoms with Crippen LogP contribution < -0.4 is 4.74 Å². The summed E-state index contributed by atoms with van der Waals surface area (Å²) in [6, 6.07) is 9.94. The van der Waals surface area contributed by atoms with Crippen LogP contribution in [-0.4, -0.2) is 30.9 Å². The fraction of sp³-hybridized carbons (Fsp3) is 0.577. The van der Waals surface area contributed by atoms with Crippen molar-refractivity contribution in [2.24, 2.45) is 11.8 Å². The summed E-state index contributed by atoms with van der Waals surface area (Å²) >= 11 is 0. The number of ether oxygens (including phenoxy) is 3. The van der Waals surface area contributed by atoms with Gasteiger partial charge in [-0.1, -0.05) is 42.5 Å². The molecule has 0 amide bonds. The van der Waals surface area contributed by atoms with Crippen molar-refractivity contribution in [2.45, 2.75) is 77.1 Å². The molecular formula is C26H36O4. The molecule has 30 heavy (non-hydrogen) atoms. The fourth-order valence-electron chi connectivity index (χ4n) is 4.60. The number of benzene rings is 1. The van der Waals surface area contributed by atoms with Crippen LogP contribution in [0, 0.1) is 11.8 Å². The minimum absolute atomic E-state index is 0.0582. The van der Waals surface area contributed by atoms with E-state index in [9.17, 15) is 4.79 Å². The van der Waals surface area contributed by atoms with E-state index < -0.39 is 0 Å². The van der Waals surface area contributed by atoms with Gasteiger partial charge in [0.25, 0.3) is 0 Å². The SMILES string of the molecule is C=C1CC[C@H](CCC(=O)OC(C)C)O[C@H]2CC[C@H](/C=C/CCOc3ccccc3)[C@@H]12. The second-order valence-electron chi connectivity index (χ2n) is 8.72. The van der Waals surface area contributed by atoms with Gasteiger partial charge in [0.2, 0.25) is 0 Å². The van der Waals surface area contributed by atoms with E-state index in [1.165, 1.54) is 5.57 Å². The van der Waals surface area contributed by atoms with Crippen LogP contribution >= 0.6 is 0 Å². The molecule has 4 atom stereocenters. The number of esters is 1. The van der Waals surface area contributed by atoms with Gasteiger partial charge >= 0.3 is 5.97 Å². The van der Waals surface area contributed by atoms with Crippen molar-refractivity contribution in [1.29, 1.82) is 0 Å². The Bertz CT molecular complexity index is 709. The summed E-state index contributed by atoms with van der Waals surface area (Å²) < 4.78 is 17.5. The third kappa shape index (κ3) is 6.73. The number of hydrogen-bond acceptors (Lipinski definition) is 4. The average Bonchev–Trinajstić information content (AvgIpc) is 3.04. The Labute approximate surface area is 181 Å². The maximum atomic E-state index is 11.9. The zero-order valence-corrected chi connectivity index (χ0v) is 18.4. The molecule has 4 heteroatoms. The van der Waals surface area contributed by atoms with Crippen LogP contribution in [0.5, 0.6) is 5.75 Å². The quantitative estimate of drug-likeness (QED) is 0.289. The maximum absolute atomic E-state index is 11.9. The van der Waals surface area contributed by atoms with Crippen molar-refractivity contribution in [1.82, 2.24) is 0 Å². The fourth-order valence-corrected chi connectivity index (χ4v) is 4.60. The molecule has 0 bridgehead atoms. The van der Waals surface area contributed by atoms with Crippen LogP contribution in [-0.2, 0) is 14.3 Å². The molecule has 4 nitrogen and oxygen atoms in total. The van der Waals surface area contributed by atoms with Crippen LogP contribution in [0.25, 0.3) is 0 Å². The van der Waals surface area contributed by atoms with E-state index >= 15 is 0 Å². The normalized spacial score (nSPS) is 26.6. The Hall–Kier alpha value is -2.07. The van der Waals surface area contributed by atoms with E-state index in [1.54, 1.807) is 0 Å². The monoisotopic (exact) mass is 412 g/mol. The highest BCUT2D eigenvalue weighted by molar-refractivity contribution is 5.69. The second kappa shape index (κ2) is 11.4. The molecule has 1 aliphatic carbocycles. The van der Waals surface area contributed by atoms with E-state index in [2.05, 4.69) is 18.7 Å². The predicted molar refractivity (Wildman–Crippen MR) is 119 cm³/mol.